The molecule has 2 rings (SSSR count). The van der Waals surface area contributed by atoms with Gasteiger partial charge < -0.3 is 5.73 Å². The summed E-state index contributed by atoms with van der Waals surface area (Å²) in [5.41, 5.74) is 6.04. The van der Waals surface area contributed by atoms with Gasteiger partial charge in [-0.3, -0.25) is 9.71 Å². The van der Waals surface area contributed by atoms with Gasteiger partial charge in [0.2, 0.25) is 0 Å². The average Bonchev–Trinajstić information content (AvgIpc) is 2.42. The quantitative estimate of drug-likeness (QED) is 0.618. The van der Waals surface area contributed by atoms with E-state index in [0.717, 1.165) is 11.8 Å². The van der Waals surface area contributed by atoms with Crippen molar-refractivity contribution in [2.75, 3.05) is 10.5 Å². The number of hydrogen-bond donors (Lipinski definition) is 2. The number of hydrogen-bond acceptors (Lipinski definition) is 4. The first-order valence-corrected chi connectivity index (χ1v) is 8.26. The van der Waals surface area contributed by atoms with Crippen LogP contribution >= 0.6 is 27.5 Å². The fourth-order valence-electron chi connectivity index (χ4n) is 1.53. The molecule has 1 aromatic heterocycles. The predicted molar refractivity (Wildman–Crippen MR) is 83.3 cm³/mol. The zero-order chi connectivity index (χ0) is 15.8. The molecule has 0 radical (unpaired) electrons. The molecule has 0 atom stereocenters. The van der Waals surface area contributed by atoms with Gasteiger partial charge in [-0.25, -0.2) is 12.8 Å². The normalized spacial score (nSPS) is 11.4. The second kappa shape index (κ2) is 5.78. The van der Waals surface area contributed by atoms with Crippen LogP contribution in [0.5, 0.6) is 0 Å². The van der Waals surface area contributed by atoms with Crippen LogP contribution in [0.1, 0.15) is 5.69 Å². The number of aryl methyl sites for hydroxylation is 1. The van der Waals surface area contributed by atoms with E-state index in [1.807, 2.05) is 0 Å². The SMILES string of the molecule is Cc1ccc(NS(=O)(=O)c2cc(Cl)c(Br)c(N)c2F)cn1. The molecule has 3 N–H and O–H groups in total. The Morgan fingerprint density at radius 2 is 2.10 bits per heavy atom. The zero-order valence-electron chi connectivity index (χ0n) is 10.7. The maximum absolute atomic E-state index is 14.1. The molecule has 0 saturated heterocycles. The number of halogens is 3. The van der Waals surface area contributed by atoms with Gasteiger partial charge in [-0.15, -0.1) is 0 Å². The van der Waals surface area contributed by atoms with Gasteiger partial charge in [0, 0.05) is 5.69 Å². The van der Waals surface area contributed by atoms with Crippen molar-refractivity contribution in [3.05, 3.63) is 45.4 Å². The summed E-state index contributed by atoms with van der Waals surface area (Å²) in [5.74, 6) is -1.07. The molecule has 2 aromatic rings. The van der Waals surface area contributed by atoms with E-state index < -0.39 is 20.7 Å². The van der Waals surface area contributed by atoms with Crippen LogP contribution in [0.25, 0.3) is 0 Å². The summed E-state index contributed by atoms with van der Waals surface area (Å²) in [5, 5.41) is -0.00342. The minimum Gasteiger partial charge on any atom is -0.395 e. The third-order valence-electron chi connectivity index (χ3n) is 2.61. The molecular formula is C12H10BrClFN3O2S. The number of sulfonamides is 1. The Balaban J connectivity index is 2.47. The van der Waals surface area contributed by atoms with Crippen LogP contribution in [0.2, 0.25) is 5.02 Å². The molecule has 1 aromatic carbocycles. The largest absolute Gasteiger partial charge is 0.395 e. The van der Waals surface area contributed by atoms with E-state index in [1.165, 1.54) is 12.3 Å². The highest BCUT2D eigenvalue weighted by molar-refractivity contribution is 9.10. The summed E-state index contributed by atoms with van der Waals surface area (Å²) in [7, 11) is -4.17. The molecule has 0 aliphatic rings. The van der Waals surface area contributed by atoms with Gasteiger partial charge in [0.1, 0.15) is 4.90 Å². The van der Waals surface area contributed by atoms with Gasteiger partial charge in [-0.1, -0.05) is 11.6 Å². The van der Waals surface area contributed by atoms with Gasteiger partial charge in [-0.2, -0.15) is 0 Å². The van der Waals surface area contributed by atoms with Crippen molar-refractivity contribution in [1.82, 2.24) is 4.98 Å². The van der Waals surface area contributed by atoms with Crippen LogP contribution in [0, 0.1) is 12.7 Å². The summed E-state index contributed by atoms with van der Waals surface area (Å²) in [6.45, 7) is 1.76. The molecule has 0 bridgehead atoms. The fraction of sp³-hybridized carbons (Fsp3) is 0.0833. The van der Waals surface area contributed by atoms with Crippen molar-refractivity contribution in [3.8, 4) is 0 Å². The lowest BCUT2D eigenvalue weighted by molar-refractivity contribution is 0.572. The van der Waals surface area contributed by atoms with Gasteiger partial charge in [0.15, 0.2) is 5.82 Å². The van der Waals surface area contributed by atoms with Crippen LogP contribution < -0.4 is 10.5 Å². The number of nitrogens with zero attached hydrogens (tertiary/aromatic N) is 1. The third kappa shape index (κ3) is 3.28. The highest BCUT2D eigenvalue weighted by atomic mass is 79.9. The highest BCUT2D eigenvalue weighted by Crippen LogP contribution is 2.35. The molecule has 1 heterocycles. The number of anilines is 2. The zero-order valence-corrected chi connectivity index (χ0v) is 13.9. The van der Waals surface area contributed by atoms with Crippen LogP contribution in [0.3, 0.4) is 0 Å². The Bertz CT molecular complexity index is 797. The average molecular weight is 395 g/mol. The van der Waals surface area contributed by atoms with Crippen LogP contribution in [-0.2, 0) is 10.0 Å². The minimum absolute atomic E-state index is 0.00342. The first-order valence-electron chi connectivity index (χ1n) is 5.61. The number of nitrogens with one attached hydrogen (secondary N) is 1. The van der Waals surface area contributed by atoms with Crippen LogP contribution in [-0.4, -0.2) is 13.4 Å². The summed E-state index contributed by atoms with van der Waals surface area (Å²) < 4.78 is 40.8. The highest BCUT2D eigenvalue weighted by Gasteiger charge is 2.24. The van der Waals surface area contributed by atoms with Gasteiger partial charge >= 0.3 is 0 Å². The monoisotopic (exact) mass is 393 g/mol. The molecule has 0 saturated carbocycles. The van der Waals surface area contributed by atoms with E-state index in [2.05, 4.69) is 25.6 Å². The van der Waals surface area contributed by atoms with Gasteiger partial charge in [-0.05, 0) is 41.1 Å². The van der Waals surface area contributed by atoms with Crippen molar-refractivity contribution in [2.45, 2.75) is 11.8 Å². The van der Waals surface area contributed by atoms with Crippen molar-refractivity contribution < 1.29 is 12.8 Å². The molecule has 5 nitrogen and oxygen atoms in total. The lowest BCUT2D eigenvalue weighted by atomic mass is 10.3. The lowest BCUT2D eigenvalue weighted by Crippen LogP contribution is -2.16. The Labute approximate surface area is 134 Å². The van der Waals surface area contributed by atoms with Gasteiger partial charge in [0.25, 0.3) is 10.0 Å². The van der Waals surface area contributed by atoms with E-state index in [9.17, 15) is 12.8 Å². The molecule has 0 unspecified atom stereocenters. The first-order chi connectivity index (χ1) is 9.72. The number of rotatable bonds is 3. The van der Waals surface area contributed by atoms with E-state index >= 15 is 0 Å². The fourth-order valence-corrected chi connectivity index (χ4v) is 3.26. The van der Waals surface area contributed by atoms with E-state index in [1.54, 1.807) is 13.0 Å². The lowest BCUT2D eigenvalue weighted by Gasteiger charge is -2.11. The molecule has 0 aliphatic carbocycles. The summed E-state index contributed by atoms with van der Waals surface area (Å²) in [6, 6.07) is 4.13. The molecule has 21 heavy (non-hydrogen) atoms. The van der Waals surface area contributed by atoms with E-state index in [4.69, 9.17) is 17.3 Å². The molecule has 112 valence electrons. The standard InChI is InChI=1S/C12H10BrClFN3O2S/c1-6-2-3-7(5-17-6)18-21(19,20)9-4-8(14)10(13)12(16)11(9)15/h2-5,18H,16H2,1H3. The number of nitrogens with two attached hydrogens (primary N) is 1. The second-order valence-electron chi connectivity index (χ2n) is 4.19. The summed E-state index contributed by atoms with van der Waals surface area (Å²) in [4.78, 5) is 3.32. The first kappa shape index (κ1) is 16.0. The molecule has 9 heteroatoms. The smallest absolute Gasteiger partial charge is 0.265 e. The minimum atomic E-state index is -4.17. The Morgan fingerprint density at radius 3 is 2.67 bits per heavy atom. The predicted octanol–water partition coefficient (Wildman–Crippen LogP) is 3.33. The second-order valence-corrected chi connectivity index (χ2v) is 7.04. The number of nitrogen functional groups attached to an aromatic ring is 1. The molecular weight excluding hydrogens is 385 g/mol. The number of benzene rings is 1. The topological polar surface area (TPSA) is 85.1 Å². The summed E-state index contributed by atoms with van der Waals surface area (Å²) in [6.07, 6.45) is 1.33. The number of aromatic nitrogens is 1. The van der Waals surface area contributed by atoms with Crippen LogP contribution in [0.15, 0.2) is 33.8 Å². The van der Waals surface area contributed by atoms with Crippen molar-refractivity contribution >= 4 is 48.9 Å². The molecule has 0 aliphatic heterocycles. The van der Waals surface area contributed by atoms with Crippen LogP contribution in [0.4, 0.5) is 15.8 Å². The van der Waals surface area contributed by atoms with Crippen molar-refractivity contribution in [2.24, 2.45) is 0 Å². The van der Waals surface area contributed by atoms with E-state index in [0.29, 0.717) is 0 Å². The maximum Gasteiger partial charge on any atom is 0.265 e. The Hall–Kier alpha value is -1.38. The Kier molecular flexibility index (Phi) is 4.40. The Morgan fingerprint density at radius 1 is 1.43 bits per heavy atom. The van der Waals surface area contributed by atoms with E-state index in [-0.39, 0.29) is 20.9 Å². The molecule has 0 amide bonds. The maximum atomic E-state index is 14.1. The van der Waals surface area contributed by atoms with Crippen molar-refractivity contribution in [3.63, 3.8) is 0 Å². The molecule has 0 fully saturated rings. The van der Waals surface area contributed by atoms with Gasteiger partial charge in [0.05, 0.1) is 27.1 Å². The van der Waals surface area contributed by atoms with Crippen molar-refractivity contribution in [1.29, 1.82) is 0 Å². The molecule has 0 spiro atoms. The summed E-state index contributed by atoms with van der Waals surface area (Å²) >= 11 is 8.81. The third-order valence-corrected chi connectivity index (χ3v) is 5.37. The number of pyridine rings is 1.